The van der Waals surface area contributed by atoms with Crippen molar-refractivity contribution in [2.24, 2.45) is 0 Å². The number of halogens is 1. The zero-order chi connectivity index (χ0) is 36.6. The Labute approximate surface area is 308 Å². The molecule has 12 heteroatoms. The van der Waals surface area contributed by atoms with E-state index in [4.69, 9.17) is 25.8 Å². The smallest absolute Gasteiger partial charge is 0.240 e. The van der Waals surface area contributed by atoms with Crippen LogP contribution in [0.1, 0.15) is 46.2 Å². The van der Waals surface area contributed by atoms with Crippen molar-refractivity contribution >= 4 is 23.4 Å². The van der Waals surface area contributed by atoms with Gasteiger partial charge in [-0.25, -0.2) is 0 Å². The summed E-state index contributed by atoms with van der Waals surface area (Å²) < 4.78 is 18.8. The molecule has 2 aliphatic rings. The first-order valence-corrected chi connectivity index (χ1v) is 17.7. The van der Waals surface area contributed by atoms with Crippen LogP contribution in [0, 0.1) is 25.2 Å². The zero-order valence-corrected chi connectivity index (χ0v) is 30.1. The van der Waals surface area contributed by atoms with Crippen LogP contribution in [0.4, 0.5) is 0 Å². The minimum atomic E-state index is -0.369. The summed E-state index contributed by atoms with van der Waals surface area (Å²) >= 11 is 6.78. The number of likely N-dealkylation sites (tertiary alicyclic amines) is 1. The van der Waals surface area contributed by atoms with Crippen molar-refractivity contribution in [2.75, 3.05) is 39.3 Å². The fourth-order valence-electron chi connectivity index (χ4n) is 6.62. The summed E-state index contributed by atoms with van der Waals surface area (Å²) in [5.41, 5.74) is 7.06. The Bertz CT molecular complexity index is 1960. The SMILES string of the molecule is Cc1c(COc2cc(OCc3cncc(C#N)c3)c(CN3CC(=O)NC(=O)C3)cc2Cl)cccc1-c1cccc(OCCCN2CC[C@H](O)C2)c1C. The van der Waals surface area contributed by atoms with Crippen molar-refractivity contribution in [1.29, 1.82) is 5.26 Å². The lowest BCUT2D eigenvalue weighted by atomic mass is 9.93. The van der Waals surface area contributed by atoms with Gasteiger partial charge in [-0.15, -0.1) is 0 Å². The number of rotatable bonds is 14. The molecule has 3 heterocycles. The number of piperazine rings is 1. The molecule has 1 atom stereocenters. The van der Waals surface area contributed by atoms with Crippen molar-refractivity contribution in [2.45, 2.75) is 52.6 Å². The van der Waals surface area contributed by atoms with Gasteiger partial charge in [0.15, 0.2) is 0 Å². The van der Waals surface area contributed by atoms with Crippen molar-refractivity contribution in [1.82, 2.24) is 20.1 Å². The highest BCUT2D eigenvalue weighted by Gasteiger charge is 2.25. The van der Waals surface area contributed by atoms with Crippen LogP contribution in [0.3, 0.4) is 0 Å². The van der Waals surface area contributed by atoms with E-state index >= 15 is 0 Å². The molecule has 0 saturated carbocycles. The highest BCUT2D eigenvalue weighted by atomic mass is 35.5. The normalized spacial score (nSPS) is 16.4. The molecule has 0 radical (unpaired) electrons. The lowest BCUT2D eigenvalue weighted by Gasteiger charge is -2.26. The van der Waals surface area contributed by atoms with Gasteiger partial charge in [-0.1, -0.05) is 41.9 Å². The summed E-state index contributed by atoms with van der Waals surface area (Å²) in [6, 6.07) is 19.5. The first kappa shape index (κ1) is 36.8. The molecule has 6 rings (SSSR count). The second-order valence-electron chi connectivity index (χ2n) is 13.2. The molecule has 2 saturated heterocycles. The molecule has 4 aromatic rings. The molecule has 2 amide bonds. The molecular formula is C40H42ClN5O6. The molecule has 2 fully saturated rings. The lowest BCUT2D eigenvalue weighted by molar-refractivity contribution is -0.136. The number of amides is 2. The standard InChI is InChI=1S/C40H42ClN5O6/c1-26-30(6-3-7-33(26)34-8-4-9-36(27(34)2)50-13-5-11-45-12-10-32(47)21-45)25-52-38-16-37(51-24-29-14-28(17-42)18-43-19-29)31(15-35(38)41)20-46-22-39(48)44-40(49)23-46/h3-4,6-9,14-16,18-19,32,47H,5,10-13,20-25H2,1-2H3,(H,44,48,49)/t32-/m0/s1. The van der Waals surface area contributed by atoms with E-state index in [1.54, 1.807) is 29.3 Å². The minimum Gasteiger partial charge on any atom is -0.493 e. The van der Waals surface area contributed by atoms with E-state index in [9.17, 15) is 20.0 Å². The third kappa shape index (κ3) is 9.26. The average Bonchev–Trinajstić information content (AvgIpc) is 3.54. The molecule has 2 aliphatic heterocycles. The highest BCUT2D eigenvalue weighted by Crippen LogP contribution is 2.37. The number of nitrogens with one attached hydrogen (secondary N) is 1. The van der Waals surface area contributed by atoms with Crippen LogP contribution >= 0.6 is 11.6 Å². The van der Waals surface area contributed by atoms with Gasteiger partial charge in [-0.2, -0.15) is 5.26 Å². The van der Waals surface area contributed by atoms with E-state index < -0.39 is 0 Å². The van der Waals surface area contributed by atoms with Gasteiger partial charge in [0.05, 0.1) is 36.4 Å². The summed E-state index contributed by atoms with van der Waals surface area (Å²) in [6.45, 7) is 8.06. The van der Waals surface area contributed by atoms with E-state index in [1.807, 2.05) is 24.3 Å². The Morgan fingerprint density at radius 3 is 2.40 bits per heavy atom. The second-order valence-corrected chi connectivity index (χ2v) is 13.6. The molecule has 2 N–H and O–H groups in total. The third-order valence-electron chi connectivity index (χ3n) is 9.37. The summed E-state index contributed by atoms with van der Waals surface area (Å²) in [5, 5.41) is 21.8. The highest BCUT2D eigenvalue weighted by molar-refractivity contribution is 6.32. The van der Waals surface area contributed by atoms with Gasteiger partial charge in [-0.05, 0) is 72.7 Å². The number of carbonyl (C=O) groups excluding carboxylic acids is 2. The molecule has 270 valence electrons. The van der Waals surface area contributed by atoms with Crippen LogP contribution in [0.5, 0.6) is 17.2 Å². The Morgan fingerprint density at radius 1 is 0.904 bits per heavy atom. The number of imide groups is 1. The van der Waals surface area contributed by atoms with Gasteiger partial charge in [-0.3, -0.25) is 24.8 Å². The molecule has 0 spiro atoms. The topological polar surface area (TPSA) is 137 Å². The number of nitrogens with zero attached hydrogens (tertiary/aromatic N) is 4. The molecule has 11 nitrogen and oxygen atoms in total. The largest absolute Gasteiger partial charge is 0.493 e. The van der Waals surface area contributed by atoms with E-state index in [2.05, 4.69) is 47.3 Å². The van der Waals surface area contributed by atoms with Crippen molar-refractivity contribution < 1.29 is 28.9 Å². The average molecular weight is 724 g/mol. The van der Waals surface area contributed by atoms with Crippen LogP contribution in [0.2, 0.25) is 5.02 Å². The van der Waals surface area contributed by atoms with Crippen molar-refractivity contribution in [3.63, 3.8) is 0 Å². The Kier molecular flexibility index (Phi) is 12.0. The molecule has 3 aromatic carbocycles. The minimum absolute atomic E-state index is 0.0593. The van der Waals surface area contributed by atoms with Gasteiger partial charge in [0, 0.05) is 55.8 Å². The van der Waals surface area contributed by atoms with Gasteiger partial charge >= 0.3 is 0 Å². The molecule has 1 aromatic heterocycles. The fraction of sp³-hybridized carbons (Fsp3) is 0.350. The number of hydrogen-bond acceptors (Lipinski definition) is 10. The quantitative estimate of drug-likeness (QED) is 0.130. The van der Waals surface area contributed by atoms with E-state index in [0.29, 0.717) is 39.8 Å². The monoisotopic (exact) mass is 723 g/mol. The molecular weight excluding hydrogens is 682 g/mol. The Balaban J connectivity index is 1.17. The van der Waals surface area contributed by atoms with Crippen molar-refractivity contribution in [3.8, 4) is 34.4 Å². The summed E-state index contributed by atoms with van der Waals surface area (Å²) in [5.74, 6) is 0.995. The Hall–Kier alpha value is -4.99. The number of benzene rings is 3. The molecule has 52 heavy (non-hydrogen) atoms. The summed E-state index contributed by atoms with van der Waals surface area (Å²) in [4.78, 5) is 32.2. The number of β-amino-alcohol motifs (C(OH)–C–C–N with tert-alkyl or cyclic N) is 1. The summed E-state index contributed by atoms with van der Waals surface area (Å²) in [6.07, 6.45) is 4.62. The van der Waals surface area contributed by atoms with E-state index in [0.717, 1.165) is 66.0 Å². The first-order valence-electron chi connectivity index (χ1n) is 17.4. The van der Waals surface area contributed by atoms with Crippen LogP contribution in [0.25, 0.3) is 11.1 Å². The second kappa shape index (κ2) is 17.0. The van der Waals surface area contributed by atoms with Crippen molar-refractivity contribution in [3.05, 3.63) is 105 Å². The number of aliphatic hydroxyl groups excluding tert-OH is 1. The summed E-state index contributed by atoms with van der Waals surface area (Å²) in [7, 11) is 0. The lowest BCUT2D eigenvalue weighted by Crippen LogP contribution is -2.50. The van der Waals surface area contributed by atoms with Gasteiger partial charge in [0.2, 0.25) is 11.8 Å². The van der Waals surface area contributed by atoms with E-state index in [-0.39, 0.29) is 50.8 Å². The predicted octanol–water partition coefficient (Wildman–Crippen LogP) is 5.34. The predicted molar refractivity (Wildman–Crippen MR) is 196 cm³/mol. The molecule has 0 aliphatic carbocycles. The maximum absolute atomic E-state index is 12.1. The van der Waals surface area contributed by atoms with Crippen LogP contribution in [0.15, 0.2) is 67.0 Å². The maximum atomic E-state index is 12.1. The Morgan fingerprint density at radius 2 is 1.65 bits per heavy atom. The van der Waals surface area contributed by atoms with Crippen LogP contribution in [-0.2, 0) is 29.3 Å². The van der Waals surface area contributed by atoms with Crippen LogP contribution in [-0.4, -0.2) is 77.1 Å². The number of nitriles is 1. The fourth-order valence-corrected chi connectivity index (χ4v) is 6.86. The first-order chi connectivity index (χ1) is 25.2. The number of ether oxygens (including phenoxy) is 3. The maximum Gasteiger partial charge on any atom is 0.240 e. The van der Waals surface area contributed by atoms with Gasteiger partial charge < -0.3 is 24.2 Å². The third-order valence-corrected chi connectivity index (χ3v) is 9.66. The van der Waals surface area contributed by atoms with Gasteiger partial charge in [0.25, 0.3) is 0 Å². The molecule has 0 bridgehead atoms. The molecule has 0 unspecified atom stereocenters. The number of aliphatic hydroxyl groups is 1. The van der Waals surface area contributed by atoms with Gasteiger partial charge in [0.1, 0.15) is 36.5 Å². The number of pyridine rings is 1. The number of carbonyl (C=O) groups is 2. The number of hydrogen-bond donors (Lipinski definition) is 2. The van der Waals surface area contributed by atoms with E-state index in [1.165, 1.54) is 6.20 Å². The zero-order valence-electron chi connectivity index (χ0n) is 29.4. The van der Waals surface area contributed by atoms with Crippen LogP contribution < -0.4 is 19.5 Å². The number of aromatic nitrogens is 1.